The van der Waals surface area contributed by atoms with Gasteiger partial charge in [-0.25, -0.2) is 14.2 Å². The molecule has 0 saturated carbocycles. The first-order valence-corrected chi connectivity index (χ1v) is 8.22. The zero-order valence-electron chi connectivity index (χ0n) is 12.7. The Hall–Kier alpha value is -2.00. The van der Waals surface area contributed by atoms with E-state index in [1.165, 1.54) is 6.26 Å². The normalized spacial score (nSPS) is 21.5. The molecule has 124 valence electrons. The summed E-state index contributed by atoms with van der Waals surface area (Å²) in [5.41, 5.74) is 0.943. The number of halogens is 1. The third-order valence-corrected chi connectivity index (χ3v) is 4.51. The van der Waals surface area contributed by atoms with Gasteiger partial charge in [0.25, 0.3) is 0 Å². The van der Waals surface area contributed by atoms with Crippen LogP contribution in [0.1, 0.15) is 17.1 Å². The van der Waals surface area contributed by atoms with Crippen LogP contribution in [-0.4, -0.2) is 46.4 Å². The minimum absolute atomic E-state index is 0.0462. The molecule has 0 bridgehead atoms. The van der Waals surface area contributed by atoms with E-state index in [1.807, 2.05) is 17.2 Å². The smallest absolute Gasteiger partial charge is 0.320 e. The second-order valence-corrected chi connectivity index (χ2v) is 6.56. The topological polar surface area (TPSA) is 83.3 Å². The van der Waals surface area contributed by atoms with Crippen LogP contribution in [0.25, 0.3) is 0 Å². The van der Waals surface area contributed by atoms with E-state index >= 15 is 0 Å². The number of hydrogen-bond acceptors (Lipinski definition) is 6. The van der Waals surface area contributed by atoms with Gasteiger partial charge < -0.3 is 9.84 Å². The number of nitrogens with one attached hydrogen (secondary N) is 2. The van der Waals surface area contributed by atoms with Crippen LogP contribution in [0.2, 0.25) is 0 Å². The largest absolute Gasteiger partial charge is 0.363 e. The third kappa shape index (κ3) is 4.26. The molecule has 2 aromatic heterocycles. The molecule has 2 aromatic rings. The van der Waals surface area contributed by atoms with Crippen molar-refractivity contribution in [3.8, 4) is 0 Å². The molecule has 2 N–H and O–H groups in total. The molecule has 3 heterocycles. The molecule has 1 aliphatic heterocycles. The first-order chi connectivity index (χ1) is 11.1. The average molecular weight is 339 g/mol. The second-order valence-electron chi connectivity index (χ2n) is 5.49. The number of rotatable bonds is 5. The van der Waals surface area contributed by atoms with E-state index < -0.39 is 6.17 Å². The molecule has 0 aromatic carbocycles. The van der Waals surface area contributed by atoms with Crippen molar-refractivity contribution in [3.63, 3.8) is 0 Å². The van der Waals surface area contributed by atoms with Crippen molar-refractivity contribution in [2.75, 3.05) is 18.4 Å². The SMILES string of the molecule is Cc1nc(CN2C[C@@H](F)C[C@H]2CNC(=O)Nc2ccon2)cs1. The first kappa shape index (κ1) is 15.9. The quantitative estimate of drug-likeness (QED) is 0.872. The molecule has 7 nitrogen and oxygen atoms in total. The van der Waals surface area contributed by atoms with Gasteiger partial charge in [-0.1, -0.05) is 5.16 Å². The van der Waals surface area contributed by atoms with Crippen LogP contribution in [0.4, 0.5) is 15.0 Å². The Morgan fingerprint density at radius 3 is 3.17 bits per heavy atom. The highest BCUT2D eigenvalue weighted by atomic mass is 32.1. The van der Waals surface area contributed by atoms with Crippen LogP contribution in [0.3, 0.4) is 0 Å². The van der Waals surface area contributed by atoms with E-state index in [0.717, 1.165) is 10.7 Å². The van der Waals surface area contributed by atoms with Gasteiger partial charge in [0.2, 0.25) is 0 Å². The molecule has 0 radical (unpaired) electrons. The van der Waals surface area contributed by atoms with Crippen LogP contribution < -0.4 is 10.6 Å². The fraction of sp³-hybridized carbons (Fsp3) is 0.500. The van der Waals surface area contributed by atoms with E-state index in [-0.39, 0.29) is 12.1 Å². The third-order valence-electron chi connectivity index (χ3n) is 3.69. The maximum absolute atomic E-state index is 13.8. The predicted octanol–water partition coefficient (Wildman–Crippen LogP) is 2.17. The minimum atomic E-state index is -0.875. The van der Waals surface area contributed by atoms with Crippen LogP contribution in [0.5, 0.6) is 0 Å². The molecule has 23 heavy (non-hydrogen) atoms. The maximum Gasteiger partial charge on any atom is 0.320 e. The maximum atomic E-state index is 13.8. The lowest BCUT2D eigenvalue weighted by atomic mass is 10.2. The zero-order chi connectivity index (χ0) is 16.2. The number of carbonyl (C=O) groups is 1. The van der Waals surface area contributed by atoms with E-state index in [2.05, 4.69) is 25.3 Å². The van der Waals surface area contributed by atoms with E-state index in [4.69, 9.17) is 0 Å². The summed E-state index contributed by atoms with van der Waals surface area (Å²) >= 11 is 1.58. The van der Waals surface area contributed by atoms with Crippen LogP contribution >= 0.6 is 11.3 Å². The number of amides is 2. The van der Waals surface area contributed by atoms with Crippen molar-refractivity contribution < 1.29 is 13.7 Å². The summed E-state index contributed by atoms with van der Waals surface area (Å²) in [5.74, 6) is 0.340. The van der Waals surface area contributed by atoms with Gasteiger partial charge >= 0.3 is 6.03 Å². The van der Waals surface area contributed by atoms with Crippen molar-refractivity contribution in [3.05, 3.63) is 28.4 Å². The van der Waals surface area contributed by atoms with Crippen LogP contribution in [0, 0.1) is 6.92 Å². The van der Waals surface area contributed by atoms with Gasteiger partial charge in [-0.3, -0.25) is 10.2 Å². The number of anilines is 1. The summed E-state index contributed by atoms with van der Waals surface area (Å²) in [6, 6.07) is 1.12. The van der Waals surface area contributed by atoms with Gasteiger partial charge in [-0.15, -0.1) is 11.3 Å². The zero-order valence-corrected chi connectivity index (χ0v) is 13.5. The van der Waals surface area contributed by atoms with Crippen molar-refractivity contribution in [1.82, 2.24) is 20.4 Å². The van der Waals surface area contributed by atoms with Gasteiger partial charge in [0.15, 0.2) is 5.82 Å². The number of aromatic nitrogens is 2. The summed E-state index contributed by atoms with van der Waals surface area (Å²) in [5, 5.41) is 11.9. The summed E-state index contributed by atoms with van der Waals surface area (Å²) < 4.78 is 18.4. The molecule has 0 aliphatic carbocycles. The number of thiazole rings is 1. The van der Waals surface area contributed by atoms with Crippen molar-refractivity contribution in [2.24, 2.45) is 0 Å². The fourth-order valence-electron chi connectivity index (χ4n) is 2.67. The lowest BCUT2D eigenvalue weighted by Crippen LogP contribution is -2.41. The standard InChI is InChI=1S/C14H18FN5O2S/c1-9-17-11(8-23-9)7-20-6-10(15)4-12(20)5-16-14(21)18-13-2-3-22-19-13/h2-3,8,10,12H,4-7H2,1H3,(H2,16,18,19,21)/t10-,12-/m0/s1. The molecule has 9 heteroatoms. The van der Waals surface area contributed by atoms with Crippen LogP contribution in [0.15, 0.2) is 22.2 Å². The number of nitrogens with zero attached hydrogens (tertiary/aromatic N) is 3. The summed E-state index contributed by atoms with van der Waals surface area (Å²) in [4.78, 5) is 18.2. The Morgan fingerprint density at radius 2 is 2.48 bits per heavy atom. The molecule has 3 rings (SSSR count). The lowest BCUT2D eigenvalue weighted by molar-refractivity contribution is 0.222. The van der Waals surface area contributed by atoms with Crippen LogP contribution in [-0.2, 0) is 6.54 Å². The summed E-state index contributed by atoms with van der Waals surface area (Å²) in [7, 11) is 0. The Kier molecular flexibility index (Phi) is 4.87. The van der Waals surface area contributed by atoms with Crippen molar-refractivity contribution in [2.45, 2.75) is 32.1 Å². The Morgan fingerprint density at radius 1 is 1.61 bits per heavy atom. The summed E-state index contributed by atoms with van der Waals surface area (Å²) in [6.07, 6.45) is 0.908. The highest BCUT2D eigenvalue weighted by molar-refractivity contribution is 7.09. The van der Waals surface area contributed by atoms with Gasteiger partial charge in [0, 0.05) is 37.1 Å². The molecule has 2 amide bonds. The predicted molar refractivity (Wildman–Crippen MR) is 84.1 cm³/mol. The molecule has 1 aliphatic rings. The molecule has 0 spiro atoms. The number of carbonyl (C=O) groups excluding carboxylic acids is 1. The number of likely N-dealkylation sites (tertiary alicyclic amines) is 1. The Labute approximate surface area is 136 Å². The molecule has 2 atom stereocenters. The van der Waals surface area contributed by atoms with E-state index in [1.54, 1.807) is 17.4 Å². The molecule has 1 fully saturated rings. The number of hydrogen-bond donors (Lipinski definition) is 2. The minimum Gasteiger partial charge on any atom is -0.363 e. The van der Waals surface area contributed by atoms with E-state index in [9.17, 15) is 9.18 Å². The number of urea groups is 1. The molecular formula is C14H18FN5O2S. The number of aryl methyl sites for hydroxylation is 1. The Balaban J connectivity index is 1.51. The Bertz CT molecular complexity index is 647. The molecular weight excluding hydrogens is 321 g/mol. The monoisotopic (exact) mass is 339 g/mol. The van der Waals surface area contributed by atoms with E-state index in [0.29, 0.717) is 31.9 Å². The number of alkyl halides is 1. The van der Waals surface area contributed by atoms with Gasteiger partial charge in [0.05, 0.1) is 10.7 Å². The van der Waals surface area contributed by atoms with Gasteiger partial charge in [0.1, 0.15) is 12.4 Å². The molecule has 1 saturated heterocycles. The second kappa shape index (κ2) is 7.05. The van der Waals surface area contributed by atoms with Gasteiger partial charge in [-0.05, 0) is 13.3 Å². The average Bonchev–Trinajstić information content (AvgIpc) is 3.21. The highest BCUT2D eigenvalue weighted by Crippen LogP contribution is 2.23. The summed E-state index contributed by atoms with van der Waals surface area (Å²) in [6.45, 7) is 3.28. The lowest BCUT2D eigenvalue weighted by Gasteiger charge is -2.23. The highest BCUT2D eigenvalue weighted by Gasteiger charge is 2.32. The van der Waals surface area contributed by atoms with Crippen molar-refractivity contribution >= 4 is 23.2 Å². The van der Waals surface area contributed by atoms with Crippen molar-refractivity contribution in [1.29, 1.82) is 0 Å². The molecule has 0 unspecified atom stereocenters. The van der Waals surface area contributed by atoms with Gasteiger partial charge in [-0.2, -0.15) is 0 Å². The first-order valence-electron chi connectivity index (χ1n) is 7.34. The fourth-order valence-corrected chi connectivity index (χ4v) is 3.27.